The van der Waals surface area contributed by atoms with E-state index in [4.69, 9.17) is 4.52 Å². The van der Waals surface area contributed by atoms with Gasteiger partial charge in [-0.3, -0.25) is 4.79 Å². The lowest BCUT2D eigenvalue weighted by Gasteiger charge is -2.09. The van der Waals surface area contributed by atoms with Crippen molar-refractivity contribution in [2.24, 2.45) is 0 Å². The van der Waals surface area contributed by atoms with Crippen molar-refractivity contribution in [3.8, 4) is 28.6 Å². The Morgan fingerprint density at radius 1 is 1.03 bits per heavy atom. The number of pyridine rings is 1. The summed E-state index contributed by atoms with van der Waals surface area (Å²) in [5, 5.41) is 3.85. The predicted molar refractivity (Wildman–Crippen MR) is 119 cm³/mol. The van der Waals surface area contributed by atoms with Crippen LogP contribution in [0.2, 0.25) is 0 Å². The van der Waals surface area contributed by atoms with Gasteiger partial charge in [0.05, 0.1) is 22.8 Å². The van der Waals surface area contributed by atoms with Gasteiger partial charge in [0, 0.05) is 17.8 Å². The highest BCUT2D eigenvalue weighted by Crippen LogP contribution is 2.27. The van der Waals surface area contributed by atoms with Crippen molar-refractivity contribution in [2.45, 2.75) is 24.7 Å². The molecule has 0 N–H and O–H groups in total. The van der Waals surface area contributed by atoms with E-state index in [1.807, 2.05) is 0 Å². The first kappa shape index (κ1) is 24.2. The largest absolute Gasteiger partial charge is 0.573 e. The molecule has 0 aliphatic heterocycles. The Kier molecular flexibility index (Phi) is 6.48. The van der Waals surface area contributed by atoms with Crippen molar-refractivity contribution in [3.05, 3.63) is 82.8 Å². The number of sulfone groups is 1. The Morgan fingerprint density at radius 3 is 2.43 bits per heavy atom. The number of alkyl halides is 3. The normalized spacial score (nSPS) is 12.0. The van der Waals surface area contributed by atoms with Crippen molar-refractivity contribution >= 4 is 9.84 Å². The second-order valence-electron chi connectivity index (χ2n) is 7.43. The summed E-state index contributed by atoms with van der Waals surface area (Å²) in [6.07, 6.45) is -3.30. The van der Waals surface area contributed by atoms with Crippen LogP contribution in [0.25, 0.3) is 22.8 Å². The summed E-state index contributed by atoms with van der Waals surface area (Å²) in [6.45, 7) is 1.67. The molecular formula is C23H18F3N3O5S. The zero-order valence-electron chi connectivity index (χ0n) is 18.2. The molecule has 0 spiro atoms. The van der Waals surface area contributed by atoms with Gasteiger partial charge in [-0.1, -0.05) is 24.2 Å². The van der Waals surface area contributed by atoms with Crippen LogP contribution in [-0.4, -0.2) is 35.2 Å². The van der Waals surface area contributed by atoms with Crippen LogP contribution in [0.1, 0.15) is 12.5 Å². The predicted octanol–water partition coefficient (Wildman–Crippen LogP) is 4.31. The third kappa shape index (κ3) is 5.77. The van der Waals surface area contributed by atoms with Gasteiger partial charge in [-0.2, -0.15) is 4.98 Å². The fourth-order valence-electron chi connectivity index (χ4n) is 3.25. The molecule has 2 aromatic carbocycles. The molecule has 2 aromatic heterocycles. The van der Waals surface area contributed by atoms with Crippen molar-refractivity contribution in [1.82, 2.24) is 14.7 Å². The molecule has 4 aromatic rings. The summed E-state index contributed by atoms with van der Waals surface area (Å²) in [7, 11) is -3.39. The number of hydrogen-bond donors (Lipinski definition) is 0. The molecule has 182 valence electrons. The van der Waals surface area contributed by atoms with Gasteiger partial charge in [-0.25, -0.2) is 8.42 Å². The van der Waals surface area contributed by atoms with Crippen LogP contribution >= 0.6 is 0 Å². The maximum atomic E-state index is 12.4. The molecule has 8 nitrogen and oxygen atoms in total. The quantitative estimate of drug-likeness (QED) is 0.369. The van der Waals surface area contributed by atoms with Gasteiger partial charge in [0.25, 0.3) is 11.4 Å². The lowest BCUT2D eigenvalue weighted by atomic mass is 10.2. The van der Waals surface area contributed by atoms with Crippen LogP contribution in [0.3, 0.4) is 0 Å². The molecule has 2 heterocycles. The van der Waals surface area contributed by atoms with E-state index in [2.05, 4.69) is 14.9 Å². The molecule has 35 heavy (non-hydrogen) atoms. The third-order valence-corrected chi connectivity index (χ3v) is 6.73. The molecule has 0 saturated carbocycles. The Hall–Kier alpha value is -3.93. The molecule has 0 fully saturated rings. The Balaban J connectivity index is 1.57. The van der Waals surface area contributed by atoms with Gasteiger partial charge in [0.1, 0.15) is 5.75 Å². The number of benzene rings is 2. The number of ether oxygens (including phenoxy) is 1. The average molecular weight is 505 g/mol. The van der Waals surface area contributed by atoms with E-state index in [1.165, 1.54) is 47.2 Å². The Labute approximate surface area is 197 Å². The topological polar surface area (TPSA) is 104 Å². The van der Waals surface area contributed by atoms with E-state index in [0.29, 0.717) is 16.7 Å². The summed E-state index contributed by atoms with van der Waals surface area (Å²) in [5.41, 5.74) is 1.12. The molecule has 0 radical (unpaired) electrons. The molecule has 0 bridgehead atoms. The fraction of sp³-hybridized carbons (Fsp3) is 0.174. The lowest BCUT2D eigenvalue weighted by molar-refractivity contribution is -0.274. The monoisotopic (exact) mass is 505 g/mol. The minimum Gasteiger partial charge on any atom is -0.406 e. The zero-order chi connectivity index (χ0) is 25.2. The Bertz CT molecular complexity index is 1510. The molecule has 0 amide bonds. The highest BCUT2D eigenvalue weighted by molar-refractivity contribution is 7.91. The van der Waals surface area contributed by atoms with Crippen molar-refractivity contribution in [3.63, 3.8) is 0 Å². The van der Waals surface area contributed by atoms with Crippen molar-refractivity contribution in [2.75, 3.05) is 5.75 Å². The first-order chi connectivity index (χ1) is 16.5. The summed E-state index contributed by atoms with van der Waals surface area (Å²) in [6, 6.07) is 14.1. The van der Waals surface area contributed by atoms with Crippen LogP contribution in [-0.2, 0) is 16.4 Å². The van der Waals surface area contributed by atoms with Gasteiger partial charge in [-0.15, -0.1) is 13.2 Å². The number of aromatic nitrogens is 3. The summed E-state index contributed by atoms with van der Waals surface area (Å²) < 4.78 is 71.8. The zero-order valence-corrected chi connectivity index (χ0v) is 19.0. The smallest absolute Gasteiger partial charge is 0.406 e. The van der Waals surface area contributed by atoms with Crippen LogP contribution in [0.15, 0.2) is 81.1 Å². The van der Waals surface area contributed by atoms with Crippen LogP contribution in [0.4, 0.5) is 13.2 Å². The van der Waals surface area contributed by atoms with Gasteiger partial charge >= 0.3 is 6.36 Å². The maximum absolute atomic E-state index is 12.4. The van der Waals surface area contributed by atoms with Crippen LogP contribution < -0.4 is 10.3 Å². The molecule has 0 saturated heterocycles. The summed E-state index contributed by atoms with van der Waals surface area (Å²) in [4.78, 5) is 16.8. The molecule has 0 atom stereocenters. The SMILES string of the molecule is CCS(=O)(=O)c1cccc(Cn2cc(-c3nc(-c4ccc(OC(F)(F)F)cc4)no3)ccc2=O)c1. The minimum atomic E-state index is -4.80. The van der Waals surface area contributed by atoms with Gasteiger partial charge in [0.15, 0.2) is 9.84 Å². The highest BCUT2D eigenvalue weighted by atomic mass is 32.2. The van der Waals surface area contributed by atoms with E-state index in [-0.39, 0.29) is 40.2 Å². The second-order valence-corrected chi connectivity index (χ2v) is 9.71. The van der Waals surface area contributed by atoms with E-state index >= 15 is 0 Å². The Morgan fingerprint density at radius 2 is 1.74 bits per heavy atom. The van der Waals surface area contributed by atoms with Crippen LogP contribution in [0.5, 0.6) is 5.75 Å². The van der Waals surface area contributed by atoms with Crippen LogP contribution in [0, 0.1) is 0 Å². The van der Waals surface area contributed by atoms with E-state index in [0.717, 1.165) is 12.1 Å². The average Bonchev–Trinajstić information content (AvgIpc) is 3.30. The highest BCUT2D eigenvalue weighted by Gasteiger charge is 2.31. The number of halogens is 3. The summed E-state index contributed by atoms with van der Waals surface area (Å²) >= 11 is 0. The number of hydrogen-bond acceptors (Lipinski definition) is 7. The van der Waals surface area contributed by atoms with Crippen molar-refractivity contribution < 1.29 is 30.8 Å². The van der Waals surface area contributed by atoms with E-state index in [9.17, 15) is 26.4 Å². The third-order valence-electron chi connectivity index (χ3n) is 4.99. The van der Waals surface area contributed by atoms with Gasteiger partial charge in [0.2, 0.25) is 5.82 Å². The number of rotatable bonds is 7. The fourth-order valence-corrected chi connectivity index (χ4v) is 4.20. The molecule has 0 aliphatic rings. The standard InChI is InChI=1S/C23H18F3N3O5S/c1-2-35(31,32)19-5-3-4-15(12-19)13-29-14-17(8-11-20(29)30)22-27-21(28-34-22)16-6-9-18(10-7-16)33-23(24,25)26/h3-12,14H,2,13H2,1H3. The summed E-state index contributed by atoms with van der Waals surface area (Å²) in [5.74, 6) is -0.197. The first-order valence-electron chi connectivity index (χ1n) is 10.3. The van der Waals surface area contributed by atoms with Gasteiger partial charge in [-0.05, 0) is 48.0 Å². The van der Waals surface area contributed by atoms with E-state index < -0.39 is 16.2 Å². The lowest BCUT2D eigenvalue weighted by Crippen LogP contribution is -2.19. The maximum Gasteiger partial charge on any atom is 0.573 e. The minimum absolute atomic E-state index is 0.0382. The molecule has 0 aliphatic carbocycles. The second kappa shape index (κ2) is 9.37. The molecule has 4 rings (SSSR count). The van der Waals surface area contributed by atoms with Crippen molar-refractivity contribution in [1.29, 1.82) is 0 Å². The molecular weight excluding hydrogens is 487 g/mol. The first-order valence-corrected chi connectivity index (χ1v) is 11.9. The number of nitrogens with zero attached hydrogens (tertiary/aromatic N) is 3. The molecule has 12 heteroatoms. The van der Waals surface area contributed by atoms with Gasteiger partial charge < -0.3 is 13.8 Å². The molecule has 0 unspecified atom stereocenters. The van der Waals surface area contributed by atoms with E-state index in [1.54, 1.807) is 19.1 Å².